The van der Waals surface area contributed by atoms with Gasteiger partial charge in [0.05, 0.1) is 23.2 Å². The Morgan fingerprint density at radius 1 is 0.972 bits per heavy atom. The quantitative estimate of drug-likeness (QED) is 0.237. The number of rotatable bonds is 7. The predicted molar refractivity (Wildman–Crippen MR) is 134 cm³/mol. The molecule has 180 valence electrons. The Hall–Kier alpha value is -4.18. The lowest BCUT2D eigenvalue weighted by atomic mass is 10.1. The third-order valence-corrected chi connectivity index (χ3v) is 6.88. The van der Waals surface area contributed by atoms with Gasteiger partial charge in [-0.1, -0.05) is 48.1 Å². The third kappa shape index (κ3) is 4.31. The van der Waals surface area contributed by atoms with Crippen LogP contribution in [0, 0.1) is 0 Å². The fourth-order valence-corrected chi connectivity index (χ4v) is 4.79. The Kier molecular flexibility index (Phi) is 5.86. The molecule has 2 aromatic carbocycles. The maximum atomic E-state index is 13.6. The molecular formula is C26H21N5O4S. The van der Waals surface area contributed by atoms with Crippen molar-refractivity contribution in [2.24, 2.45) is 0 Å². The molecule has 0 saturated heterocycles. The second-order valence-corrected chi connectivity index (χ2v) is 9.16. The average Bonchev–Trinajstić information content (AvgIpc) is 3.58. The van der Waals surface area contributed by atoms with Gasteiger partial charge < -0.3 is 14.0 Å². The summed E-state index contributed by atoms with van der Waals surface area (Å²) in [7, 11) is 0. The first-order valence-electron chi connectivity index (χ1n) is 11.5. The number of pyridine rings is 1. The summed E-state index contributed by atoms with van der Waals surface area (Å²) in [6.45, 7) is 2.58. The topological polar surface area (TPSA) is 105 Å². The van der Waals surface area contributed by atoms with Gasteiger partial charge in [-0.15, -0.1) is 0 Å². The fourth-order valence-electron chi connectivity index (χ4n) is 3.96. The molecule has 4 heterocycles. The number of ether oxygens (including phenoxy) is 2. The fraction of sp³-hybridized carbons (Fsp3) is 0.192. The molecule has 0 radical (unpaired) electrons. The predicted octanol–water partition coefficient (Wildman–Crippen LogP) is 4.47. The molecule has 3 aromatic heterocycles. The highest BCUT2D eigenvalue weighted by molar-refractivity contribution is 7.98. The van der Waals surface area contributed by atoms with Gasteiger partial charge in [-0.3, -0.25) is 14.3 Å². The summed E-state index contributed by atoms with van der Waals surface area (Å²) in [5.74, 6) is 2.46. The first-order valence-corrected chi connectivity index (χ1v) is 12.4. The van der Waals surface area contributed by atoms with Crippen LogP contribution in [-0.2, 0) is 18.7 Å². The maximum Gasteiger partial charge on any atom is 0.262 e. The first-order chi connectivity index (χ1) is 17.7. The summed E-state index contributed by atoms with van der Waals surface area (Å²) in [6, 6.07) is 15.3. The van der Waals surface area contributed by atoms with Crippen molar-refractivity contribution in [3.63, 3.8) is 0 Å². The average molecular weight is 500 g/mol. The molecule has 0 fully saturated rings. The molecule has 0 atom stereocenters. The lowest BCUT2D eigenvalue weighted by Gasteiger charge is -2.13. The summed E-state index contributed by atoms with van der Waals surface area (Å²) in [6.07, 6.45) is 4.37. The van der Waals surface area contributed by atoms with E-state index in [1.807, 2.05) is 24.3 Å². The zero-order valence-corrected chi connectivity index (χ0v) is 20.2. The molecule has 10 heteroatoms. The van der Waals surface area contributed by atoms with Crippen LogP contribution in [0.1, 0.15) is 23.9 Å². The number of aromatic nitrogens is 5. The van der Waals surface area contributed by atoms with E-state index in [-0.39, 0.29) is 12.4 Å². The van der Waals surface area contributed by atoms with Gasteiger partial charge in [0.25, 0.3) is 5.56 Å². The smallest absolute Gasteiger partial charge is 0.262 e. The molecule has 0 aliphatic carbocycles. The van der Waals surface area contributed by atoms with Crippen LogP contribution in [0.4, 0.5) is 0 Å². The summed E-state index contributed by atoms with van der Waals surface area (Å²) in [5.41, 5.74) is 3.45. The second kappa shape index (κ2) is 9.46. The zero-order valence-electron chi connectivity index (χ0n) is 19.4. The van der Waals surface area contributed by atoms with Gasteiger partial charge in [-0.25, -0.2) is 4.98 Å². The molecule has 5 aromatic rings. The van der Waals surface area contributed by atoms with E-state index in [0.717, 1.165) is 17.5 Å². The van der Waals surface area contributed by atoms with Crippen molar-refractivity contribution in [2.45, 2.75) is 30.8 Å². The highest BCUT2D eigenvalue weighted by Gasteiger charge is 2.20. The molecule has 0 bridgehead atoms. The van der Waals surface area contributed by atoms with Crippen molar-refractivity contribution in [3.05, 3.63) is 88.3 Å². The van der Waals surface area contributed by atoms with E-state index in [0.29, 0.717) is 51.6 Å². The van der Waals surface area contributed by atoms with Crippen LogP contribution in [0.25, 0.3) is 22.3 Å². The number of fused-ring (bicyclic) bond motifs is 2. The van der Waals surface area contributed by atoms with Crippen LogP contribution < -0.4 is 15.0 Å². The summed E-state index contributed by atoms with van der Waals surface area (Å²) in [4.78, 5) is 27.0. The molecule has 36 heavy (non-hydrogen) atoms. The van der Waals surface area contributed by atoms with Crippen LogP contribution in [0.5, 0.6) is 11.5 Å². The minimum absolute atomic E-state index is 0.124. The lowest BCUT2D eigenvalue weighted by molar-refractivity contribution is 0.174. The molecule has 0 spiro atoms. The molecule has 6 rings (SSSR count). The number of thioether (sulfide) groups is 1. The van der Waals surface area contributed by atoms with Gasteiger partial charge in [0.1, 0.15) is 0 Å². The van der Waals surface area contributed by atoms with E-state index in [1.165, 1.54) is 17.3 Å². The molecule has 0 saturated carbocycles. The van der Waals surface area contributed by atoms with Crippen molar-refractivity contribution in [2.75, 3.05) is 6.79 Å². The van der Waals surface area contributed by atoms with Crippen LogP contribution in [0.3, 0.4) is 0 Å². The first kappa shape index (κ1) is 22.3. The van der Waals surface area contributed by atoms with Gasteiger partial charge in [0.2, 0.25) is 18.5 Å². The summed E-state index contributed by atoms with van der Waals surface area (Å²) in [5, 5.41) is 5.13. The van der Waals surface area contributed by atoms with Gasteiger partial charge in [-0.2, -0.15) is 4.98 Å². The standard InChI is InChI=1S/C26H21N5O4S/c1-2-16-3-5-18(6-4-16)24-29-23(35-30-24)14-36-26-28-20-12-22-21(33-15-34-22)11-19(20)25(32)31(26)13-17-7-9-27-10-8-17/h3-12H,2,13-15H2,1H3. The number of benzene rings is 2. The minimum atomic E-state index is -0.167. The van der Waals surface area contributed by atoms with Gasteiger partial charge in [-0.05, 0) is 35.7 Å². The molecular weight excluding hydrogens is 478 g/mol. The Morgan fingerprint density at radius 2 is 1.75 bits per heavy atom. The Balaban J connectivity index is 1.33. The Morgan fingerprint density at radius 3 is 2.53 bits per heavy atom. The van der Waals surface area contributed by atoms with Crippen molar-refractivity contribution in [1.29, 1.82) is 0 Å². The zero-order chi connectivity index (χ0) is 24.5. The number of hydrogen-bond donors (Lipinski definition) is 0. The van der Waals surface area contributed by atoms with E-state index >= 15 is 0 Å². The number of aryl methyl sites for hydroxylation is 1. The van der Waals surface area contributed by atoms with Crippen molar-refractivity contribution >= 4 is 22.7 Å². The molecule has 1 aliphatic heterocycles. The Labute approximate surface area is 210 Å². The van der Waals surface area contributed by atoms with Crippen LogP contribution >= 0.6 is 11.8 Å². The van der Waals surface area contributed by atoms with E-state index in [9.17, 15) is 4.79 Å². The van der Waals surface area contributed by atoms with E-state index in [4.69, 9.17) is 19.0 Å². The summed E-state index contributed by atoms with van der Waals surface area (Å²) >= 11 is 1.36. The largest absolute Gasteiger partial charge is 0.454 e. The highest BCUT2D eigenvalue weighted by atomic mass is 32.2. The summed E-state index contributed by atoms with van der Waals surface area (Å²) < 4.78 is 18.1. The van der Waals surface area contributed by atoms with E-state index < -0.39 is 0 Å². The molecule has 0 unspecified atom stereocenters. The van der Waals surface area contributed by atoms with E-state index in [2.05, 4.69) is 34.2 Å². The van der Waals surface area contributed by atoms with E-state index in [1.54, 1.807) is 29.1 Å². The van der Waals surface area contributed by atoms with Crippen LogP contribution in [0.2, 0.25) is 0 Å². The normalized spacial score (nSPS) is 12.4. The van der Waals surface area contributed by atoms with Crippen LogP contribution in [-0.4, -0.2) is 31.5 Å². The maximum absolute atomic E-state index is 13.6. The monoisotopic (exact) mass is 499 g/mol. The molecule has 0 amide bonds. The van der Waals surface area contributed by atoms with Crippen molar-refractivity contribution < 1.29 is 14.0 Å². The third-order valence-electron chi connectivity index (χ3n) is 5.92. The van der Waals surface area contributed by atoms with Gasteiger partial charge in [0.15, 0.2) is 16.7 Å². The van der Waals surface area contributed by atoms with Crippen LogP contribution in [0.15, 0.2) is 75.4 Å². The van der Waals surface area contributed by atoms with Gasteiger partial charge >= 0.3 is 0 Å². The molecule has 9 nitrogen and oxygen atoms in total. The van der Waals surface area contributed by atoms with Crippen molar-refractivity contribution in [1.82, 2.24) is 24.7 Å². The van der Waals surface area contributed by atoms with Crippen molar-refractivity contribution in [3.8, 4) is 22.9 Å². The number of hydrogen-bond acceptors (Lipinski definition) is 9. The highest BCUT2D eigenvalue weighted by Crippen LogP contribution is 2.35. The molecule has 1 aliphatic rings. The Bertz CT molecular complexity index is 1600. The van der Waals surface area contributed by atoms with Gasteiger partial charge in [0, 0.05) is 24.0 Å². The minimum Gasteiger partial charge on any atom is -0.454 e. The molecule has 0 N–H and O–H groups in total. The SMILES string of the molecule is CCc1ccc(-c2noc(CSc3nc4cc5c(cc4c(=O)n3Cc3ccncc3)OCO5)n2)cc1. The second-order valence-electron chi connectivity index (χ2n) is 8.21. The number of nitrogens with zero attached hydrogens (tertiary/aromatic N) is 5. The lowest BCUT2D eigenvalue weighted by Crippen LogP contribution is -2.24.